The van der Waals surface area contributed by atoms with Crippen molar-refractivity contribution in [2.45, 2.75) is 25.2 Å². The zero-order valence-electron chi connectivity index (χ0n) is 17.9. The molecular weight excluding hydrogens is 418 g/mol. The monoisotopic (exact) mass is 443 g/mol. The first kappa shape index (κ1) is 21.6. The maximum absolute atomic E-state index is 12.4. The Bertz CT molecular complexity index is 1160. The highest BCUT2D eigenvalue weighted by Crippen LogP contribution is 2.23. The molecule has 32 heavy (non-hydrogen) atoms. The molecule has 0 aliphatic rings. The van der Waals surface area contributed by atoms with Crippen LogP contribution in [0.3, 0.4) is 0 Å². The third-order valence-corrected chi connectivity index (χ3v) is 5.78. The fourth-order valence-corrected chi connectivity index (χ4v) is 4.05. The highest BCUT2D eigenvalue weighted by atomic mass is 32.2. The van der Waals surface area contributed by atoms with Crippen LogP contribution in [0.4, 0.5) is 5.69 Å². The first-order valence-corrected chi connectivity index (χ1v) is 11.4. The predicted molar refractivity (Wildman–Crippen MR) is 129 cm³/mol. The number of aryl methyl sites for hydroxylation is 1. The van der Waals surface area contributed by atoms with Gasteiger partial charge in [0.25, 0.3) is 0 Å². The second-order valence-corrected chi connectivity index (χ2v) is 8.29. The van der Waals surface area contributed by atoms with Crippen molar-refractivity contribution in [3.8, 4) is 5.69 Å². The summed E-state index contributed by atoms with van der Waals surface area (Å²) < 4.78 is 2.01. The normalized spacial score (nSPS) is 10.7. The lowest BCUT2D eigenvalue weighted by atomic mass is 10.2. The van der Waals surface area contributed by atoms with Crippen LogP contribution in [-0.2, 0) is 17.9 Å². The maximum Gasteiger partial charge on any atom is 0.230 e. The molecule has 1 amide bonds. The molecule has 0 radical (unpaired) electrons. The number of hydrogen-bond donors (Lipinski definition) is 2. The number of anilines is 1. The van der Waals surface area contributed by atoms with Crippen molar-refractivity contribution >= 4 is 23.4 Å². The molecule has 0 atom stereocenters. The Labute approximate surface area is 192 Å². The Hall–Kier alpha value is -3.58. The van der Waals surface area contributed by atoms with Crippen LogP contribution >= 0.6 is 11.8 Å². The van der Waals surface area contributed by atoms with E-state index < -0.39 is 0 Å². The van der Waals surface area contributed by atoms with Gasteiger partial charge in [0, 0.05) is 17.9 Å². The van der Waals surface area contributed by atoms with Crippen LogP contribution in [0.5, 0.6) is 0 Å². The van der Waals surface area contributed by atoms with E-state index in [1.807, 2.05) is 77.4 Å². The average molecular weight is 444 g/mol. The molecule has 3 aromatic carbocycles. The fourth-order valence-electron chi connectivity index (χ4n) is 3.25. The molecule has 0 spiro atoms. The number of nitrogens with one attached hydrogen (secondary N) is 2. The molecule has 1 heterocycles. The molecule has 0 fully saturated rings. The summed E-state index contributed by atoms with van der Waals surface area (Å²) in [5.41, 5.74) is 4.21. The van der Waals surface area contributed by atoms with Crippen molar-refractivity contribution in [2.24, 2.45) is 0 Å². The third-order valence-electron chi connectivity index (χ3n) is 4.85. The Kier molecular flexibility index (Phi) is 7.19. The van der Waals surface area contributed by atoms with E-state index >= 15 is 0 Å². The molecule has 4 rings (SSSR count). The Morgan fingerprint density at radius 2 is 1.66 bits per heavy atom. The van der Waals surface area contributed by atoms with Crippen LogP contribution in [0.25, 0.3) is 5.69 Å². The Morgan fingerprint density at radius 3 is 2.41 bits per heavy atom. The number of hydrogen-bond acceptors (Lipinski definition) is 5. The molecule has 4 aromatic rings. The van der Waals surface area contributed by atoms with E-state index in [1.54, 1.807) is 0 Å². The van der Waals surface area contributed by atoms with Gasteiger partial charge in [0.05, 0.1) is 12.3 Å². The number of rotatable bonds is 9. The number of aromatic nitrogens is 3. The van der Waals surface area contributed by atoms with Gasteiger partial charge in [0.1, 0.15) is 0 Å². The first-order chi connectivity index (χ1) is 15.7. The van der Waals surface area contributed by atoms with Gasteiger partial charge in [-0.25, -0.2) is 0 Å². The summed E-state index contributed by atoms with van der Waals surface area (Å²) in [7, 11) is 0. The second-order valence-electron chi connectivity index (χ2n) is 7.34. The lowest BCUT2D eigenvalue weighted by Gasteiger charge is -2.12. The molecule has 1 aromatic heterocycles. The van der Waals surface area contributed by atoms with Gasteiger partial charge in [0.15, 0.2) is 11.0 Å². The lowest BCUT2D eigenvalue weighted by molar-refractivity contribution is -0.118. The predicted octanol–water partition coefficient (Wildman–Crippen LogP) is 4.60. The molecule has 0 aliphatic carbocycles. The number of carbonyl (C=O) groups excluding carboxylic acids is 1. The van der Waals surface area contributed by atoms with Crippen LogP contribution < -0.4 is 10.6 Å². The molecule has 0 saturated carbocycles. The van der Waals surface area contributed by atoms with Gasteiger partial charge in [-0.1, -0.05) is 72.4 Å². The maximum atomic E-state index is 12.4. The number of carbonyl (C=O) groups is 1. The molecule has 0 bridgehead atoms. The summed E-state index contributed by atoms with van der Waals surface area (Å²) in [6, 6.07) is 28.1. The lowest BCUT2D eigenvalue weighted by Crippen LogP contribution is -2.24. The zero-order valence-corrected chi connectivity index (χ0v) is 18.7. The minimum absolute atomic E-state index is 0.0402. The number of para-hydroxylation sites is 1. The van der Waals surface area contributed by atoms with Crippen LogP contribution in [0.2, 0.25) is 0 Å². The number of thioether (sulfide) groups is 1. The summed E-state index contributed by atoms with van der Waals surface area (Å²) in [5.74, 6) is 1.01. The van der Waals surface area contributed by atoms with E-state index in [1.165, 1.54) is 11.8 Å². The van der Waals surface area contributed by atoms with E-state index in [4.69, 9.17) is 0 Å². The van der Waals surface area contributed by atoms with Crippen molar-refractivity contribution in [1.82, 2.24) is 20.1 Å². The minimum Gasteiger partial charge on any atom is -0.378 e. The Morgan fingerprint density at radius 1 is 0.906 bits per heavy atom. The van der Waals surface area contributed by atoms with Crippen molar-refractivity contribution in [2.75, 3.05) is 11.1 Å². The second kappa shape index (κ2) is 10.6. The molecule has 0 aliphatic heterocycles. The summed E-state index contributed by atoms with van der Waals surface area (Å²) in [6.07, 6.45) is 0. The van der Waals surface area contributed by atoms with Gasteiger partial charge in [-0.2, -0.15) is 0 Å². The molecule has 2 N–H and O–H groups in total. The van der Waals surface area contributed by atoms with Gasteiger partial charge < -0.3 is 10.6 Å². The topological polar surface area (TPSA) is 71.8 Å². The van der Waals surface area contributed by atoms with E-state index in [0.29, 0.717) is 18.2 Å². The van der Waals surface area contributed by atoms with Crippen molar-refractivity contribution in [1.29, 1.82) is 0 Å². The van der Waals surface area contributed by atoms with Crippen molar-refractivity contribution in [3.05, 3.63) is 102 Å². The fraction of sp³-hybridized carbons (Fsp3) is 0.160. The van der Waals surface area contributed by atoms with E-state index in [0.717, 1.165) is 28.3 Å². The average Bonchev–Trinajstić information content (AvgIpc) is 3.24. The smallest absolute Gasteiger partial charge is 0.230 e. The third kappa shape index (κ3) is 5.76. The molecule has 0 saturated heterocycles. The number of benzene rings is 3. The van der Waals surface area contributed by atoms with E-state index in [9.17, 15) is 4.79 Å². The molecule has 6 nitrogen and oxygen atoms in total. The van der Waals surface area contributed by atoms with Crippen LogP contribution in [-0.4, -0.2) is 26.4 Å². The van der Waals surface area contributed by atoms with Gasteiger partial charge in [-0.15, -0.1) is 10.2 Å². The van der Waals surface area contributed by atoms with E-state index in [2.05, 4.69) is 39.9 Å². The standard InChI is InChI=1S/C25H25N5OS/c1-19-9-8-14-22(15-19)30-23(17-26-21-12-6-3-7-13-21)28-29-25(30)32-18-24(31)27-16-20-10-4-2-5-11-20/h2-15,26H,16-18H2,1H3,(H,27,31). The van der Waals surface area contributed by atoms with Gasteiger partial charge in [0.2, 0.25) is 5.91 Å². The molecular formula is C25H25N5OS. The van der Waals surface area contributed by atoms with Gasteiger partial charge in [-0.05, 0) is 42.3 Å². The van der Waals surface area contributed by atoms with Gasteiger partial charge in [-0.3, -0.25) is 9.36 Å². The van der Waals surface area contributed by atoms with E-state index in [-0.39, 0.29) is 11.7 Å². The quantitative estimate of drug-likeness (QED) is 0.370. The van der Waals surface area contributed by atoms with Crippen LogP contribution in [0, 0.1) is 6.92 Å². The largest absolute Gasteiger partial charge is 0.378 e. The molecule has 0 unspecified atom stereocenters. The summed E-state index contributed by atoms with van der Waals surface area (Å²) in [6.45, 7) is 3.09. The highest BCUT2D eigenvalue weighted by Gasteiger charge is 2.16. The molecule has 7 heteroatoms. The van der Waals surface area contributed by atoms with Crippen molar-refractivity contribution < 1.29 is 4.79 Å². The Balaban J connectivity index is 1.47. The zero-order chi connectivity index (χ0) is 22.2. The van der Waals surface area contributed by atoms with Gasteiger partial charge >= 0.3 is 0 Å². The first-order valence-electron chi connectivity index (χ1n) is 10.4. The number of amides is 1. The highest BCUT2D eigenvalue weighted by molar-refractivity contribution is 7.99. The SMILES string of the molecule is Cc1cccc(-n2c(CNc3ccccc3)nnc2SCC(=O)NCc2ccccc2)c1. The van der Waals surface area contributed by atoms with Crippen molar-refractivity contribution in [3.63, 3.8) is 0 Å². The summed E-state index contributed by atoms with van der Waals surface area (Å²) >= 11 is 1.38. The number of nitrogens with zero attached hydrogens (tertiary/aromatic N) is 3. The van der Waals surface area contributed by atoms with Crippen LogP contribution in [0.15, 0.2) is 90.1 Å². The van der Waals surface area contributed by atoms with Crippen LogP contribution in [0.1, 0.15) is 17.0 Å². The minimum atomic E-state index is -0.0402. The summed E-state index contributed by atoms with van der Waals surface area (Å²) in [5, 5.41) is 15.8. The molecule has 162 valence electrons. The summed E-state index contributed by atoms with van der Waals surface area (Å²) in [4.78, 5) is 12.4.